The summed E-state index contributed by atoms with van der Waals surface area (Å²) in [6.07, 6.45) is 0.0711. The Morgan fingerprint density at radius 1 is 0.786 bits per heavy atom. The lowest BCUT2D eigenvalue weighted by Gasteiger charge is -2.12. The Labute approximate surface area is 169 Å². The van der Waals surface area contributed by atoms with Gasteiger partial charge in [0.15, 0.2) is 0 Å². The molecule has 0 bridgehead atoms. The van der Waals surface area contributed by atoms with Gasteiger partial charge in [-0.3, -0.25) is 9.59 Å². The number of rotatable bonds is 5. The smallest absolute Gasteiger partial charge is 0.256 e. The largest absolute Gasteiger partial charge is 0.326 e. The van der Waals surface area contributed by atoms with Gasteiger partial charge in [0.25, 0.3) is 5.91 Å². The summed E-state index contributed by atoms with van der Waals surface area (Å²) in [6.45, 7) is 3.96. The highest BCUT2D eigenvalue weighted by atomic mass is 35.5. The van der Waals surface area contributed by atoms with Gasteiger partial charge in [-0.05, 0) is 55.8 Å². The van der Waals surface area contributed by atoms with Crippen LogP contribution in [0.5, 0.6) is 0 Å². The second kappa shape index (κ2) is 8.72. The van der Waals surface area contributed by atoms with E-state index in [0.717, 1.165) is 16.8 Å². The van der Waals surface area contributed by atoms with Crippen molar-refractivity contribution in [3.8, 4) is 0 Å². The maximum atomic E-state index is 12.7. The number of anilines is 2. The fourth-order valence-corrected chi connectivity index (χ4v) is 2.94. The molecule has 0 aromatic heterocycles. The van der Waals surface area contributed by atoms with Gasteiger partial charge < -0.3 is 10.6 Å². The number of carbonyl (C=O) groups excluding carboxylic acids is 2. The molecule has 0 atom stereocenters. The lowest BCUT2D eigenvalue weighted by molar-refractivity contribution is -0.115. The molecule has 0 spiro atoms. The first kappa shape index (κ1) is 19.6. The summed E-state index contributed by atoms with van der Waals surface area (Å²) >= 11 is 6.09. The molecule has 0 saturated heterocycles. The molecule has 0 heterocycles. The van der Waals surface area contributed by atoms with E-state index >= 15 is 0 Å². The summed E-state index contributed by atoms with van der Waals surface area (Å²) in [5.41, 5.74) is 4.62. The quantitative estimate of drug-likeness (QED) is 0.611. The molecule has 0 saturated carbocycles. The summed E-state index contributed by atoms with van der Waals surface area (Å²) in [7, 11) is 0. The number of amides is 2. The van der Waals surface area contributed by atoms with Crippen LogP contribution in [0.3, 0.4) is 0 Å². The van der Waals surface area contributed by atoms with E-state index in [1.54, 1.807) is 18.2 Å². The third kappa shape index (κ3) is 5.21. The van der Waals surface area contributed by atoms with E-state index in [1.165, 1.54) is 0 Å². The van der Waals surface area contributed by atoms with Crippen molar-refractivity contribution < 1.29 is 9.59 Å². The first-order valence-corrected chi connectivity index (χ1v) is 9.31. The molecule has 3 aromatic rings. The molecule has 4 nitrogen and oxygen atoms in total. The van der Waals surface area contributed by atoms with Crippen molar-refractivity contribution in [2.75, 3.05) is 10.6 Å². The van der Waals surface area contributed by atoms with E-state index in [4.69, 9.17) is 11.6 Å². The molecule has 0 aliphatic heterocycles. The lowest BCUT2D eigenvalue weighted by atomic mass is 10.0. The molecular weight excluding hydrogens is 372 g/mol. The van der Waals surface area contributed by atoms with Crippen LogP contribution in [0, 0.1) is 13.8 Å². The van der Waals surface area contributed by atoms with Crippen LogP contribution < -0.4 is 10.6 Å². The molecule has 0 aliphatic rings. The van der Waals surface area contributed by atoms with Crippen LogP contribution in [0.25, 0.3) is 0 Å². The Morgan fingerprint density at radius 2 is 1.32 bits per heavy atom. The van der Waals surface area contributed by atoms with E-state index in [1.807, 2.05) is 62.4 Å². The number of halogens is 1. The Balaban J connectivity index is 1.75. The van der Waals surface area contributed by atoms with Crippen LogP contribution in [-0.2, 0) is 11.2 Å². The van der Waals surface area contributed by atoms with Gasteiger partial charge in [0, 0.05) is 22.0 Å². The van der Waals surface area contributed by atoms with E-state index < -0.39 is 0 Å². The maximum absolute atomic E-state index is 12.7. The number of nitrogens with one attached hydrogen (secondary N) is 2. The molecule has 142 valence electrons. The Morgan fingerprint density at radius 3 is 1.89 bits per heavy atom. The standard InChI is InChI=1S/C23H21ClN2O2/c1-15-3-9-19(10-4-15)25-22(27)13-17-7-8-18(24)14-21(17)23(28)26-20-11-5-16(2)6-12-20/h3-12,14H,13H2,1-2H3,(H,25,27)(H,26,28). The van der Waals surface area contributed by atoms with Gasteiger partial charge >= 0.3 is 0 Å². The summed E-state index contributed by atoms with van der Waals surface area (Å²) in [5.74, 6) is -0.500. The van der Waals surface area contributed by atoms with Gasteiger partial charge in [-0.2, -0.15) is 0 Å². The van der Waals surface area contributed by atoms with Crippen LogP contribution in [0.4, 0.5) is 11.4 Å². The summed E-state index contributed by atoms with van der Waals surface area (Å²) < 4.78 is 0. The van der Waals surface area contributed by atoms with Crippen LogP contribution >= 0.6 is 11.6 Å². The molecule has 2 N–H and O–H groups in total. The third-order valence-corrected chi connectivity index (χ3v) is 4.55. The highest BCUT2D eigenvalue weighted by Gasteiger charge is 2.15. The van der Waals surface area contributed by atoms with Crippen molar-refractivity contribution in [1.29, 1.82) is 0 Å². The first-order chi connectivity index (χ1) is 13.4. The molecule has 3 rings (SSSR count). The van der Waals surface area contributed by atoms with Crippen molar-refractivity contribution in [1.82, 2.24) is 0 Å². The van der Waals surface area contributed by atoms with Gasteiger partial charge in [0.2, 0.25) is 5.91 Å². The predicted octanol–water partition coefficient (Wildman–Crippen LogP) is 5.39. The van der Waals surface area contributed by atoms with E-state index in [9.17, 15) is 9.59 Å². The minimum Gasteiger partial charge on any atom is -0.326 e. The van der Waals surface area contributed by atoms with Gasteiger partial charge in [-0.1, -0.05) is 53.1 Å². The van der Waals surface area contributed by atoms with E-state index in [2.05, 4.69) is 10.6 Å². The highest BCUT2D eigenvalue weighted by Crippen LogP contribution is 2.20. The summed E-state index contributed by atoms with van der Waals surface area (Å²) in [5, 5.41) is 6.15. The van der Waals surface area contributed by atoms with Gasteiger partial charge in [-0.25, -0.2) is 0 Å². The van der Waals surface area contributed by atoms with Crippen LogP contribution in [0.15, 0.2) is 66.7 Å². The van der Waals surface area contributed by atoms with Crippen molar-refractivity contribution in [2.24, 2.45) is 0 Å². The average molecular weight is 393 g/mol. The maximum Gasteiger partial charge on any atom is 0.256 e. The second-order valence-electron chi connectivity index (χ2n) is 6.71. The molecule has 0 fully saturated rings. The van der Waals surface area contributed by atoms with Gasteiger partial charge in [0.05, 0.1) is 6.42 Å². The number of carbonyl (C=O) groups is 2. The van der Waals surface area contributed by atoms with Crippen LogP contribution in [0.2, 0.25) is 5.02 Å². The molecule has 0 unspecified atom stereocenters. The second-order valence-corrected chi connectivity index (χ2v) is 7.15. The molecular formula is C23H21ClN2O2. The first-order valence-electron chi connectivity index (χ1n) is 8.94. The average Bonchev–Trinajstić information content (AvgIpc) is 2.67. The zero-order chi connectivity index (χ0) is 20.1. The van der Waals surface area contributed by atoms with E-state index in [-0.39, 0.29) is 18.2 Å². The lowest BCUT2D eigenvalue weighted by Crippen LogP contribution is -2.19. The number of hydrogen-bond acceptors (Lipinski definition) is 2. The van der Waals surface area contributed by atoms with Crippen molar-refractivity contribution in [2.45, 2.75) is 20.3 Å². The molecule has 28 heavy (non-hydrogen) atoms. The van der Waals surface area contributed by atoms with Crippen molar-refractivity contribution in [3.05, 3.63) is 94.0 Å². The van der Waals surface area contributed by atoms with Gasteiger partial charge in [0.1, 0.15) is 0 Å². The summed E-state index contributed by atoms with van der Waals surface area (Å²) in [4.78, 5) is 25.2. The predicted molar refractivity (Wildman–Crippen MR) is 114 cm³/mol. The fourth-order valence-electron chi connectivity index (χ4n) is 2.76. The normalized spacial score (nSPS) is 10.4. The number of benzene rings is 3. The minimum atomic E-state index is -0.301. The van der Waals surface area contributed by atoms with Crippen molar-refractivity contribution in [3.63, 3.8) is 0 Å². The van der Waals surface area contributed by atoms with Crippen LogP contribution in [0.1, 0.15) is 27.0 Å². The Kier molecular flexibility index (Phi) is 6.12. The number of hydrogen-bond donors (Lipinski definition) is 2. The zero-order valence-corrected chi connectivity index (χ0v) is 16.5. The molecule has 0 radical (unpaired) electrons. The topological polar surface area (TPSA) is 58.2 Å². The molecule has 2 amide bonds. The van der Waals surface area contributed by atoms with Gasteiger partial charge in [-0.15, -0.1) is 0 Å². The number of aryl methyl sites for hydroxylation is 2. The SMILES string of the molecule is Cc1ccc(NC(=O)Cc2ccc(Cl)cc2C(=O)Nc2ccc(C)cc2)cc1. The Bertz CT molecular complexity index is 996. The van der Waals surface area contributed by atoms with Crippen LogP contribution in [-0.4, -0.2) is 11.8 Å². The highest BCUT2D eigenvalue weighted by molar-refractivity contribution is 6.31. The Hall–Kier alpha value is -3.11. The summed E-state index contributed by atoms with van der Waals surface area (Å²) in [6, 6.07) is 20.0. The van der Waals surface area contributed by atoms with Crippen molar-refractivity contribution >= 4 is 34.8 Å². The minimum absolute atomic E-state index is 0.0711. The van der Waals surface area contributed by atoms with E-state index in [0.29, 0.717) is 21.8 Å². The molecule has 5 heteroatoms. The monoisotopic (exact) mass is 392 g/mol. The zero-order valence-electron chi connectivity index (χ0n) is 15.8. The fraction of sp³-hybridized carbons (Fsp3) is 0.130. The molecule has 3 aromatic carbocycles. The third-order valence-electron chi connectivity index (χ3n) is 4.31. The molecule has 0 aliphatic carbocycles.